The maximum absolute atomic E-state index is 11.0. The Morgan fingerprint density at radius 2 is 2.05 bits per heavy atom. The van der Waals surface area contributed by atoms with Crippen molar-refractivity contribution in [1.82, 2.24) is 19.7 Å². The first kappa shape index (κ1) is 12.7. The van der Waals surface area contributed by atoms with Gasteiger partial charge in [-0.15, -0.1) is 10.2 Å². The second-order valence-corrected chi connectivity index (χ2v) is 4.33. The minimum atomic E-state index is -0.637. The van der Waals surface area contributed by atoms with Gasteiger partial charge in [-0.25, -0.2) is 4.98 Å². The van der Waals surface area contributed by atoms with Crippen LogP contribution in [0.4, 0.5) is 0 Å². The number of benzene rings is 1. The van der Waals surface area contributed by atoms with E-state index in [0.29, 0.717) is 11.6 Å². The van der Waals surface area contributed by atoms with Crippen molar-refractivity contribution in [2.45, 2.75) is 6.42 Å². The number of nitrogens with zero attached hydrogens (tertiary/aromatic N) is 5. The van der Waals surface area contributed by atoms with Crippen LogP contribution < -0.4 is 5.73 Å². The Morgan fingerprint density at radius 1 is 1.24 bits per heavy atom. The van der Waals surface area contributed by atoms with Crippen molar-refractivity contribution in [2.24, 2.45) is 5.73 Å². The van der Waals surface area contributed by atoms with E-state index in [-0.39, 0.29) is 12.1 Å². The van der Waals surface area contributed by atoms with Gasteiger partial charge in [0, 0.05) is 0 Å². The third kappa shape index (κ3) is 2.19. The highest BCUT2D eigenvalue weighted by atomic mass is 16.1. The second kappa shape index (κ2) is 5.02. The minimum absolute atomic E-state index is 0.0880. The predicted molar refractivity (Wildman–Crippen MR) is 74.5 cm³/mol. The molecule has 21 heavy (non-hydrogen) atoms. The summed E-state index contributed by atoms with van der Waals surface area (Å²) in [4.78, 5) is 15.5. The highest BCUT2D eigenvalue weighted by molar-refractivity contribution is 5.90. The summed E-state index contributed by atoms with van der Waals surface area (Å²) in [5, 5.41) is 16.7. The van der Waals surface area contributed by atoms with E-state index in [4.69, 9.17) is 11.0 Å². The molecule has 1 aromatic carbocycles. The SMILES string of the molecule is N#CCc1nc2ccccc2n1-c1ccc(C(N)=O)nn1. The molecule has 7 nitrogen and oxygen atoms in total. The molecule has 2 heterocycles. The van der Waals surface area contributed by atoms with Crippen molar-refractivity contribution in [1.29, 1.82) is 5.26 Å². The van der Waals surface area contributed by atoms with Crippen LogP contribution in [0.2, 0.25) is 0 Å². The fourth-order valence-electron chi connectivity index (χ4n) is 2.10. The van der Waals surface area contributed by atoms with Gasteiger partial charge >= 0.3 is 0 Å². The summed E-state index contributed by atoms with van der Waals surface area (Å²) >= 11 is 0. The largest absolute Gasteiger partial charge is 0.364 e. The summed E-state index contributed by atoms with van der Waals surface area (Å²) in [5.74, 6) is 0.417. The standard InChI is InChI=1S/C14H10N6O/c15-8-7-12-17-9-3-1-2-4-11(9)20(12)13-6-5-10(14(16)21)18-19-13/h1-6H,7H2,(H2,16,21). The Hall–Kier alpha value is -3.27. The lowest BCUT2D eigenvalue weighted by atomic mass is 10.3. The van der Waals surface area contributed by atoms with Crippen LogP contribution in [0.1, 0.15) is 16.3 Å². The van der Waals surface area contributed by atoms with Crippen molar-refractivity contribution in [2.75, 3.05) is 0 Å². The first-order chi connectivity index (χ1) is 10.2. The smallest absolute Gasteiger partial charge is 0.269 e. The molecule has 2 aromatic heterocycles. The molecule has 0 fully saturated rings. The Morgan fingerprint density at radius 3 is 2.71 bits per heavy atom. The fraction of sp³-hybridized carbons (Fsp3) is 0.0714. The molecule has 3 rings (SSSR count). The summed E-state index contributed by atoms with van der Waals surface area (Å²) in [6.45, 7) is 0. The third-order valence-electron chi connectivity index (χ3n) is 3.00. The average Bonchev–Trinajstić information content (AvgIpc) is 2.85. The first-order valence-corrected chi connectivity index (χ1v) is 6.18. The third-order valence-corrected chi connectivity index (χ3v) is 3.00. The Bertz CT molecular complexity index is 859. The summed E-state index contributed by atoms with van der Waals surface area (Å²) in [6.07, 6.45) is 0.147. The van der Waals surface area contributed by atoms with Crippen LogP contribution in [-0.4, -0.2) is 25.7 Å². The number of aromatic nitrogens is 4. The van der Waals surface area contributed by atoms with Crippen LogP contribution in [0.3, 0.4) is 0 Å². The van der Waals surface area contributed by atoms with E-state index < -0.39 is 5.91 Å². The Balaban J connectivity index is 2.20. The lowest BCUT2D eigenvalue weighted by Crippen LogP contribution is -2.14. The molecule has 2 N–H and O–H groups in total. The van der Waals surface area contributed by atoms with E-state index in [2.05, 4.69) is 21.3 Å². The number of carbonyl (C=O) groups is 1. The van der Waals surface area contributed by atoms with E-state index in [1.165, 1.54) is 6.07 Å². The number of imidazole rings is 1. The van der Waals surface area contributed by atoms with E-state index in [0.717, 1.165) is 11.0 Å². The number of para-hydroxylation sites is 2. The van der Waals surface area contributed by atoms with Gasteiger partial charge in [-0.3, -0.25) is 9.36 Å². The molecule has 0 saturated carbocycles. The molecule has 1 amide bonds. The van der Waals surface area contributed by atoms with Gasteiger partial charge < -0.3 is 5.73 Å². The zero-order valence-electron chi connectivity index (χ0n) is 10.9. The fourth-order valence-corrected chi connectivity index (χ4v) is 2.10. The number of amides is 1. The normalized spacial score (nSPS) is 10.4. The summed E-state index contributed by atoms with van der Waals surface area (Å²) in [7, 11) is 0. The molecule has 0 aliphatic heterocycles. The van der Waals surface area contributed by atoms with Crippen LogP contribution in [0.5, 0.6) is 0 Å². The average molecular weight is 278 g/mol. The first-order valence-electron chi connectivity index (χ1n) is 6.18. The van der Waals surface area contributed by atoms with E-state index in [9.17, 15) is 4.79 Å². The van der Waals surface area contributed by atoms with Gasteiger partial charge in [-0.05, 0) is 24.3 Å². The second-order valence-electron chi connectivity index (χ2n) is 4.33. The highest BCUT2D eigenvalue weighted by Gasteiger charge is 2.13. The molecule has 3 aromatic rings. The molecule has 0 aliphatic rings. The van der Waals surface area contributed by atoms with Crippen molar-refractivity contribution in [3.8, 4) is 11.9 Å². The quantitative estimate of drug-likeness (QED) is 0.767. The zero-order chi connectivity index (χ0) is 14.8. The maximum atomic E-state index is 11.0. The van der Waals surface area contributed by atoms with Crippen LogP contribution in [-0.2, 0) is 6.42 Å². The lowest BCUT2D eigenvalue weighted by Gasteiger charge is -2.05. The maximum Gasteiger partial charge on any atom is 0.269 e. The molecular formula is C14H10N6O. The van der Waals surface area contributed by atoms with Gasteiger partial charge in [-0.2, -0.15) is 5.26 Å². The van der Waals surface area contributed by atoms with Gasteiger partial charge in [-0.1, -0.05) is 12.1 Å². The van der Waals surface area contributed by atoms with Gasteiger partial charge in [0.2, 0.25) is 0 Å². The number of rotatable bonds is 3. The van der Waals surface area contributed by atoms with Gasteiger partial charge in [0.15, 0.2) is 11.5 Å². The van der Waals surface area contributed by atoms with Crippen LogP contribution in [0.25, 0.3) is 16.9 Å². The highest BCUT2D eigenvalue weighted by Crippen LogP contribution is 2.20. The molecule has 0 bridgehead atoms. The summed E-state index contributed by atoms with van der Waals surface area (Å²) in [6, 6.07) is 12.7. The number of carbonyl (C=O) groups excluding carboxylic acids is 1. The van der Waals surface area contributed by atoms with Crippen molar-refractivity contribution >= 4 is 16.9 Å². The van der Waals surface area contributed by atoms with Crippen molar-refractivity contribution in [3.05, 3.63) is 47.9 Å². The molecule has 0 atom stereocenters. The molecule has 0 radical (unpaired) electrons. The zero-order valence-corrected chi connectivity index (χ0v) is 10.9. The Labute approximate surface area is 119 Å². The molecule has 7 heteroatoms. The molecule has 0 saturated heterocycles. The van der Waals surface area contributed by atoms with Crippen molar-refractivity contribution in [3.63, 3.8) is 0 Å². The number of fused-ring (bicyclic) bond motifs is 1. The molecule has 0 unspecified atom stereocenters. The number of hydrogen-bond donors (Lipinski definition) is 1. The van der Waals surface area contributed by atoms with Crippen LogP contribution in [0, 0.1) is 11.3 Å². The van der Waals surface area contributed by atoms with Gasteiger partial charge in [0.1, 0.15) is 5.82 Å². The van der Waals surface area contributed by atoms with Crippen LogP contribution in [0.15, 0.2) is 36.4 Å². The Kier molecular flexibility index (Phi) is 3.04. The van der Waals surface area contributed by atoms with Gasteiger partial charge in [0.25, 0.3) is 5.91 Å². The van der Waals surface area contributed by atoms with E-state index >= 15 is 0 Å². The predicted octanol–water partition coefficient (Wildman–Crippen LogP) is 0.980. The van der Waals surface area contributed by atoms with Crippen LogP contribution >= 0.6 is 0 Å². The minimum Gasteiger partial charge on any atom is -0.364 e. The molecular weight excluding hydrogens is 268 g/mol. The van der Waals surface area contributed by atoms with E-state index in [1.54, 1.807) is 10.6 Å². The topological polar surface area (TPSA) is 110 Å². The molecule has 102 valence electrons. The van der Waals surface area contributed by atoms with Crippen molar-refractivity contribution < 1.29 is 4.79 Å². The number of nitrogens with two attached hydrogens (primary N) is 1. The molecule has 0 spiro atoms. The van der Waals surface area contributed by atoms with E-state index in [1.807, 2.05) is 24.3 Å². The summed E-state index contributed by atoms with van der Waals surface area (Å²) < 4.78 is 1.75. The summed E-state index contributed by atoms with van der Waals surface area (Å²) in [5.41, 5.74) is 6.83. The molecule has 0 aliphatic carbocycles. The lowest BCUT2D eigenvalue weighted by molar-refractivity contribution is 0.0994. The number of nitriles is 1. The number of primary amides is 1. The van der Waals surface area contributed by atoms with Gasteiger partial charge in [0.05, 0.1) is 23.5 Å². The monoisotopic (exact) mass is 278 g/mol. The number of hydrogen-bond acceptors (Lipinski definition) is 5.